The Bertz CT molecular complexity index is 929. The number of alkyl halides is 1. The summed E-state index contributed by atoms with van der Waals surface area (Å²) in [5.41, 5.74) is 1.67. The van der Waals surface area contributed by atoms with Crippen molar-refractivity contribution in [2.75, 3.05) is 0 Å². The summed E-state index contributed by atoms with van der Waals surface area (Å²) in [4.78, 5) is 24.7. The van der Waals surface area contributed by atoms with E-state index in [2.05, 4.69) is 47.6 Å². The Kier molecular flexibility index (Phi) is 11.4. The lowest BCUT2D eigenvalue weighted by Crippen LogP contribution is -2.51. The van der Waals surface area contributed by atoms with Gasteiger partial charge in [0, 0.05) is 6.42 Å². The van der Waals surface area contributed by atoms with Crippen molar-refractivity contribution in [3.05, 3.63) is 11.6 Å². The molecule has 4 aliphatic rings. The zero-order chi connectivity index (χ0) is 29.8. The van der Waals surface area contributed by atoms with Crippen LogP contribution in [-0.4, -0.2) is 23.6 Å². The molecule has 4 aliphatic carbocycles. The third kappa shape index (κ3) is 7.55. The molecule has 0 saturated heterocycles. The SMILES string of the molecule is CCCCC(Cl)OC(=O)CCC(=O)O[C@H]1CC[C@@]2(C)C(=CC[C@H]3[C@@H]4CC[C@H]([C@H](C)CCCC(C)C)[C@@]4(C)CC[C@@H]32)C1. The topological polar surface area (TPSA) is 52.6 Å². The van der Waals surface area contributed by atoms with E-state index in [4.69, 9.17) is 21.1 Å². The molecule has 3 fully saturated rings. The van der Waals surface area contributed by atoms with Gasteiger partial charge in [0.15, 0.2) is 5.56 Å². The molecule has 0 bridgehead atoms. The van der Waals surface area contributed by atoms with Gasteiger partial charge in [-0.25, -0.2) is 0 Å². The summed E-state index contributed by atoms with van der Waals surface area (Å²) >= 11 is 6.07. The van der Waals surface area contributed by atoms with Crippen molar-refractivity contribution in [2.45, 2.75) is 156 Å². The number of esters is 2. The Hall–Kier alpha value is -1.03. The second kappa shape index (κ2) is 14.2. The lowest BCUT2D eigenvalue weighted by Gasteiger charge is -2.58. The summed E-state index contributed by atoms with van der Waals surface area (Å²) in [6, 6.07) is 0. The lowest BCUT2D eigenvalue weighted by atomic mass is 9.47. The summed E-state index contributed by atoms with van der Waals surface area (Å²) < 4.78 is 11.1. The van der Waals surface area contributed by atoms with Gasteiger partial charge in [0.05, 0.1) is 12.8 Å². The second-order valence-electron chi connectivity index (χ2n) is 15.2. The standard InChI is InChI=1S/C36H59ClO4/c1-7-8-12-32(37)41-34(39)18-17-33(38)40-27-19-21-35(5)26(23-27)13-14-28-30-16-15-29(25(4)11-9-10-24(2)3)36(30,6)22-20-31(28)35/h13,24-25,27-32H,7-12,14-23H2,1-6H3/t25-,27+,28+,29-,30+,31+,32?,35+,36-/m1/s1. The van der Waals surface area contributed by atoms with Crippen LogP contribution in [0.5, 0.6) is 0 Å². The van der Waals surface area contributed by atoms with E-state index in [1.54, 1.807) is 0 Å². The van der Waals surface area contributed by atoms with Gasteiger partial charge in [0.2, 0.25) is 0 Å². The summed E-state index contributed by atoms with van der Waals surface area (Å²) in [5, 5.41) is 0. The zero-order valence-electron chi connectivity index (χ0n) is 27.0. The Balaban J connectivity index is 1.30. The number of hydrogen-bond acceptors (Lipinski definition) is 4. The van der Waals surface area contributed by atoms with Crippen molar-refractivity contribution < 1.29 is 19.1 Å². The van der Waals surface area contributed by atoms with E-state index >= 15 is 0 Å². The lowest BCUT2D eigenvalue weighted by molar-refractivity contribution is -0.156. The first kappa shape index (κ1) is 32.9. The first-order chi connectivity index (χ1) is 19.5. The summed E-state index contributed by atoms with van der Waals surface area (Å²) in [6.45, 7) is 14.5. The minimum absolute atomic E-state index is 0.0303. The van der Waals surface area contributed by atoms with Crippen LogP contribution in [0, 0.1) is 46.3 Å². The first-order valence-electron chi connectivity index (χ1n) is 17.2. The van der Waals surface area contributed by atoms with Crippen LogP contribution in [0.2, 0.25) is 0 Å². The van der Waals surface area contributed by atoms with E-state index in [1.165, 1.54) is 56.9 Å². The van der Waals surface area contributed by atoms with E-state index in [0.29, 0.717) is 11.8 Å². The van der Waals surface area contributed by atoms with Gasteiger partial charge >= 0.3 is 11.9 Å². The summed E-state index contributed by atoms with van der Waals surface area (Å²) in [5.74, 6) is 4.26. The highest BCUT2D eigenvalue weighted by molar-refractivity contribution is 6.20. The third-order valence-corrected chi connectivity index (χ3v) is 12.4. The average Bonchev–Trinajstić information content (AvgIpc) is 3.28. The van der Waals surface area contributed by atoms with Gasteiger partial charge in [-0.1, -0.05) is 90.5 Å². The Morgan fingerprint density at radius 3 is 2.44 bits per heavy atom. The minimum Gasteiger partial charge on any atom is -0.462 e. The highest BCUT2D eigenvalue weighted by atomic mass is 35.5. The molecule has 4 nitrogen and oxygen atoms in total. The summed E-state index contributed by atoms with van der Waals surface area (Å²) in [7, 11) is 0. The zero-order valence-corrected chi connectivity index (χ0v) is 27.8. The maximum Gasteiger partial charge on any atom is 0.307 e. The van der Waals surface area contributed by atoms with Crippen LogP contribution in [0.4, 0.5) is 0 Å². The maximum atomic E-state index is 12.6. The predicted octanol–water partition coefficient (Wildman–Crippen LogP) is 10.0. The smallest absolute Gasteiger partial charge is 0.307 e. The molecule has 1 unspecified atom stereocenters. The van der Waals surface area contributed by atoms with Crippen LogP contribution < -0.4 is 0 Å². The van der Waals surface area contributed by atoms with Crippen LogP contribution in [0.25, 0.3) is 0 Å². The molecular formula is C36H59ClO4. The van der Waals surface area contributed by atoms with Crippen molar-refractivity contribution in [1.29, 1.82) is 0 Å². The number of halogens is 1. The minimum atomic E-state index is -0.609. The first-order valence-corrected chi connectivity index (χ1v) is 17.6. The fourth-order valence-electron chi connectivity index (χ4n) is 9.83. The highest BCUT2D eigenvalue weighted by Gasteiger charge is 2.59. The van der Waals surface area contributed by atoms with Crippen molar-refractivity contribution in [2.24, 2.45) is 46.3 Å². The largest absolute Gasteiger partial charge is 0.462 e. The van der Waals surface area contributed by atoms with Crippen molar-refractivity contribution in [3.63, 3.8) is 0 Å². The molecule has 0 radical (unpaired) electrons. The molecule has 0 aromatic carbocycles. The molecular weight excluding hydrogens is 532 g/mol. The number of fused-ring (bicyclic) bond motifs is 5. The molecule has 0 aromatic heterocycles. The number of rotatable bonds is 13. The van der Waals surface area contributed by atoms with E-state index in [-0.39, 0.29) is 30.3 Å². The molecule has 234 valence electrons. The number of carbonyl (C=O) groups excluding carboxylic acids is 2. The fraction of sp³-hybridized carbons (Fsp3) is 0.889. The third-order valence-electron chi connectivity index (χ3n) is 12.1. The fourth-order valence-corrected chi connectivity index (χ4v) is 10.1. The van der Waals surface area contributed by atoms with E-state index in [0.717, 1.165) is 67.6 Å². The van der Waals surface area contributed by atoms with Gasteiger partial charge in [-0.3, -0.25) is 9.59 Å². The van der Waals surface area contributed by atoms with E-state index in [9.17, 15) is 9.59 Å². The Morgan fingerprint density at radius 2 is 1.71 bits per heavy atom. The molecule has 0 heterocycles. The molecule has 0 spiro atoms. The number of carbonyl (C=O) groups is 2. The molecule has 9 atom stereocenters. The van der Waals surface area contributed by atoms with Crippen LogP contribution in [0.15, 0.2) is 11.6 Å². The van der Waals surface area contributed by atoms with Crippen molar-refractivity contribution in [3.8, 4) is 0 Å². The molecule has 41 heavy (non-hydrogen) atoms. The van der Waals surface area contributed by atoms with Crippen LogP contribution in [-0.2, 0) is 19.1 Å². The quantitative estimate of drug-likeness (QED) is 0.122. The monoisotopic (exact) mass is 590 g/mol. The van der Waals surface area contributed by atoms with Gasteiger partial charge in [0.1, 0.15) is 6.10 Å². The molecule has 5 heteroatoms. The number of unbranched alkanes of at least 4 members (excludes halogenated alkanes) is 1. The van der Waals surface area contributed by atoms with Gasteiger partial charge in [0.25, 0.3) is 0 Å². The van der Waals surface area contributed by atoms with Crippen LogP contribution in [0.1, 0.15) is 144 Å². The predicted molar refractivity (Wildman–Crippen MR) is 167 cm³/mol. The normalized spacial score (nSPS) is 36.0. The van der Waals surface area contributed by atoms with Gasteiger partial charge in [-0.2, -0.15) is 0 Å². The van der Waals surface area contributed by atoms with Crippen LogP contribution >= 0.6 is 11.6 Å². The van der Waals surface area contributed by atoms with Gasteiger partial charge in [-0.05, 0) is 104 Å². The average molecular weight is 591 g/mol. The van der Waals surface area contributed by atoms with Gasteiger partial charge < -0.3 is 9.47 Å². The van der Waals surface area contributed by atoms with E-state index in [1.807, 2.05) is 0 Å². The summed E-state index contributed by atoms with van der Waals surface area (Å²) in [6.07, 6.45) is 19.0. The Morgan fingerprint density at radius 1 is 0.951 bits per heavy atom. The second-order valence-corrected chi connectivity index (χ2v) is 15.7. The van der Waals surface area contributed by atoms with Gasteiger partial charge in [-0.15, -0.1) is 0 Å². The number of ether oxygens (including phenoxy) is 2. The molecule has 0 aromatic rings. The van der Waals surface area contributed by atoms with Crippen molar-refractivity contribution in [1.82, 2.24) is 0 Å². The maximum absolute atomic E-state index is 12.6. The molecule has 0 aliphatic heterocycles. The Labute approximate surface area is 256 Å². The van der Waals surface area contributed by atoms with E-state index < -0.39 is 11.5 Å². The molecule has 0 N–H and O–H groups in total. The van der Waals surface area contributed by atoms with Crippen LogP contribution in [0.3, 0.4) is 0 Å². The number of allylic oxidation sites excluding steroid dienone is 1. The molecule has 4 rings (SSSR count). The molecule has 0 amide bonds. The highest BCUT2D eigenvalue weighted by Crippen LogP contribution is 2.67. The molecule has 3 saturated carbocycles. The van der Waals surface area contributed by atoms with Crippen molar-refractivity contribution >= 4 is 23.5 Å². The number of hydrogen-bond donors (Lipinski definition) is 0.